The van der Waals surface area contributed by atoms with E-state index in [0.29, 0.717) is 19.4 Å². The van der Waals surface area contributed by atoms with Crippen molar-refractivity contribution in [3.63, 3.8) is 0 Å². The van der Waals surface area contributed by atoms with E-state index in [2.05, 4.69) is 10.3 Å². The highest BCUT2D eigenvalue weighted by molar-refractivity contribution is 5.81. The third-order valence-electron chi connectivity index (χ3n) is 2.78. The van der Waals surface area contributed by atoms with Crippen molar-refractivity contribution in [3.05, 3.63) is 46.0 Å². The summed E-state index contributed by atoms with van der Waals surface area (Å²) in [7, 11) is 0. The van der Waals surface area contributed by atoms with Crippen molar-refractivity contribution in [2.24, 2.45) is 16.5 Å². The molecule has 1 amide bonds. The molecule has 5 N–H and O–H groups in total. The molecule has 114 valence electrons. The van der Waals surface area contributed by atoms with Gasteiger partial charge >= 0.3 is 5.96 Å². The van der Waals surface area contributed by atoms with E-state index in [0.717, 1.165) is 5.56 Å². The maximum atomic E-state index is 11.7. The van der Waals surface area contributed by atoms with Crippen molar-refractivity contribution in [2.75, 3.05) is 6.54 Å². The second kappa shape index (κ2) is 8.64. The Morgan fingerprint density at radius 1 is 1.38 bits per heavy atom. The first kappa shape index (κ1) is 16.6. The zero-order chi connectivity index (χ0) is 15.7. The number of rotatable bonds is 7. The average Bonchev–Trinajstić information content (AvgIpc) is 2.49. The summed E-state index contributed by atoms with van der Waals surface area (Å²) in [6.45, 7) is 0.590. The summed E-state index contributed by atoms with van der Waals surface area (Å²) in [6.07, 6.45) is 0.837. The van der Waals surface area contributed by atoms with Gasteiger partial charge in [0.15, 0.2) is 0 Å². The summed E-state index contributed by atoms with van der Waals surface area (Å²) >= 11 is 0. The maximum absolute atomic E-state index is 11.7. The lowest BCUT2D eigenvalue weighted by molar-refractivity contribution is -0.352. The van der Waals surface area contributed by atoms with E-state index in [4.69, 9.17) is 11.5 Å². The Labute approximate surface area is 122 Å². The van der Waals surface area contributed by atoms with Gasteiger partial charge in [-0.1, -0.05) is 30.3 Å². The number of guanidine groups is 1. The molecule has 0 aliphatic heterocycles. The fraction of sp³-hybridized carbons (Fsp3) is 0.385. The Bertz CT molecular complexity index is 504. The first-order chi connectivity index (χ1) is 10.0. The van der Waals surface area contributed by atoms with Crippen LogP contribution in [0.5, 0.6) is 0 Å². The number of nitro groups is 1. The number of aliphatic imine (C=N–C) groups is 1. The van der Waals surface area contributed by atoms with E-state index < -0.39 is 16.9 Å². The summed E-state index contributed by atoms with van der Waals surface area (Å²) in [5, 5.41) is 13.0. The van der Waals surface area contributed by atoms with Crippen LogP contribution in [0.2, 0.25) is 0 Å². The average molecular weight is 293 g/mol. The van der Waals surface area contributed by atoms with Gasteiger partial charge in [-0.15, -0.1) is 4.99 Å². The zero-order valence-electron chi connectivity index (χ0n) is 11.6. The fourth-order valence-corrected chi connectivity index (χ4v) is 1.61. The minimum Gasteiger partial charge on any atom is -0.390 e. The summed E-state index contributed by atoms with van der Waals surface area (Å²) in [4.78, 5) is 24.8. The number of amides is 1. The number of hydrogen-bond acceptors (Lipinski definition) is 5. The molecule has 0 radical (unpaired) electrons. The van der Waals surface area contributed by atoms with Gasteiger partial charge in [0.25, 0.3) is 0 Å². The normalized spacial score (nSPS) is 12.7. The van der Waals surface area contributed by atoms with Crippen molar-refractivity contribution in [1.82, 2.24) is 5.32 Å². The molecule has 0 heterocycles. The van der Waals surface area contributed by atoms with Crippen LogP contribution < -0.4 is 16.8 Å². The van der Waals surface area contributed by atoms with Crippen molar-refractivity contribution >= 4 is 11.9 Å². The third-order valence-corrected chi connectivity index (χ3v) is 2.78. The number of nitrogens with zero attached hydrogens (tertiary/aromatic N) is 2. The quantitative estimate of drug-likeness (QED) is 0.214. The summed E-state index contributed by atoms with van der Waals surface area (Å²) in [6, 6.07) is 8.81. The first-order valence-corrected chi connectivity index (χ1v) is 6.52. The Morgan fingerprint density at radius 3 is 2.67 bits per heavy atom. The van der Waals surface area contributed by atoms with Gasteiger partial charge in [-0.25, -0.2) is 0 Å². The van der Waals surface area contributed by atoms with Crippen LogP contribution >= 0.6 is 0 Å². The lowest BCUT2D eigenvalue weighted by atomic mass is 10.1. The van der Waals surface area contributed by atoms with Gasteiger partial charge in [-0.05, 0) is 23.3 Å². The SMILES string of the molecule is NC(=NCCC[C@H](N)C(=O)NCc1ccccc1)[N+](=O)[O-]. The van der Waals surface area contributed by atoms with Crippen LogP contribution in [0.25, 0.3) is 0 Å². The van der Waals surface area contributed by atoms with E-state index in [9.17, 15) is 14.9 Å². The van der Waals surface area contributed by atoms with Gasteiger partial charge in [-0.3, -0.25) is 10.5 Å². The lowest BCUT2D eigenvalue weighted by Crippen LogP contribution is -2.40. The summed E-state index contributed by atoms with van der Waals surface area (Å²) < 4.78 is 0. The molecule has 0 aliphatic rings. The molecule has 0 fully saturated rings. The van der Waals surface area contributed by atoms with E-state index in [1.165, 1.54) is 0 Å². The van der Waals surface area contributed by atoms with Gasteiger partial charge in [0.1, 0.15) is 6.54 Å². The highest BCUT2D eigenvalue weighted by Crippen LogP contribution is 1.99. The maximum Gasteiger partial charge on any atom is 0.420 e. The van der Waals surface area contributed by atoms with Gasteiger partial charge in [-0.2, -0.15) is 0 Å². The molecule has 0 aromatic heterocycles. The fourth-order valence-electron chi connectivity index (χ4n) is 1.61. The molecule has 1 aromatic carbocycles. The van der Waals surface area contributed by atoms with Crippen LogP contribution in [0.15, 0.2) is 35.3 Å². The molecule has 0 saturated carbocycles. The molecule has 0 saturated heterocycles. The minimum atomic E-state index is -0.757. The molecule has 1 rings (SSSR count). The van der Waals surface area contributed by atoms with Gasteiger partial charge in [0.2, 0.25) is 5.91 Å². The van der Waals surface area contributed by atoms with Crippen molar-refractivity contribution in [3.8, 4) is 0 Å². The number of carbonyl (C=O) groups excluding carboxylic acids is 1. The smallest absolute Gasteiger partial charge is 0.390 e. The third kappa shape index (κ3) is 6.48. The predicted octanol–water partition coefficient (Wildman–Crippen LogP) is 0.00170. The summed E-state index contributed by atoms with van der Waals surface area (Å²) in [5.41, 5.74) is 11.8. The van der Waals surface area contributed by atoms with Crippen LogP contribution in [0, 0.1) is 10.1 Å². The van der Waals surface area contributed by atoms with E-state index in [1.54, 1.807) is 0 Å². The second-order valence-electron chi connectivity index (χ2n) is 4.45. The molecular formula is C13H19N5O3. The van der Waals surface area contributed by atoms with Gasteiger partial charge in [0.05, 0.1) is 6.04 Å². The largest absolute Gasteiger partial charge is 0.420 e. The topological polar surface area (TPSA) is 137 Å². The van der Waals surface area contributed by atoms with Crippen molar-refractivity contribution < 1.29 is 9.72 Å². The first-order valence-electron chi connectivity index (χ1n) is 6.52. The predicted molar refractivity (Wildman–Crippen MR) is 79.0 cm³/mol. The highest BCUT2D eigenvalue weighted by Gasteiger charge is 2.13. The molecule has 8 nitrogen and oxygen atoms in total. The Hall–Kier alpha value is -2.48. The highest BCUT2D eigenvalue weighted by atomic mass is 16.6. The van der Waals surface area contributed by atoms with Crippen LogP contribution in [0.4, 0.5) is 0 Å². The Morgan fingerprint density at radius 2 is 2.05 bits per heavy atom. The molecular weight excluding hydrogens is 274 g/mol. The molecule has 0 aliphatic carbocycles. The number of nitrogens with one attached hydrogen (secondary N) is 1. The van der Waals surface area contributed by atoms with Crippen LogP contribution in [0.1, 0.15) is 18.4 Å². The molecule has 0 spiro atoms. The number of hydrogen-bond donors (Lipinski definition) is 3. The molecule has 0 unspecified atom stereocenters. The van der Waals surface area contributed by atoms with Gasteiger partial charge in [0, 0.05) is 6.54 Å². The van der Waals surface area contributed by atoms with Crippen LogP contribution in [-0.2, 0) is 11.3 Å². The molecule has 1 atom stereocenters. The van der Waals surface area contributed by atoms with Gasteiger partial charge < -0.3 is 21.2 Å². The second-order valence-corrected chi connectivity index (χ2v) is 4.45. The van der Waals surface area contributed by atoms with E-state index >= 15 is 0 Å². The van der Waals surface area contributed by atoms with Crippen molar-refractivity contribution in [1.29, 1.82) is 0 Å². The van der Waals surface area contributed by atoms with E-state index in [-0.39, 0.29) is 12.5 Å². The molecule has 0 bridgehead atoms. The molecule has 1 aromatic rings. The van der Waals surface area contributed by atoms with E-state index in [1.807, 2.05) is 30.3 Å². The number of benzene rings is 1. The Kier molecular flexibility index (Phi) is 6.82. The summed E-state index contributed by atoms with van der Waals surface area (Å²) in [5.74, 6) is -0.887. The zero-order valence-corrected chi connectivity index (χ0v) is 11.6. The number of carbonyl (C=O) groups is 1. The van der Waals surface area contributed by atoms with Crippen molar-refractivity contribution in [2.45, 2.75) is 25.4 Å². The molecule has 8 heteroatoms. The molecule has 21 heavy (non-hydrogen) atoms. The van der Waals surface area contributed by atoms with Crippen LogP contribution in [0.3, 0.4) is 0 Å². The lowest BCUT2D eigenvalue weighted by Gasteiger charge is -2.11. The standard InChI is InChI=1S/C13H19N5O3/c14-11(7-4-8-16-13(15)18(20)21)12(19)17-9-10-5-2-1-3-6-10/h1-3,5-6,11H,4,7-9,14H2,(H2,15,16)(H,17,19)/t11-/m0/s1. The minimum absolute atomic E-state index is 0.173. The monoisotopic (exact) mass is 293 g/mol. The Balaban J connectivity index is 2.25. The number of nitrogens with two attached hydrogens (primary N) is 2. The van der Waals surface area contributed by atoms with Crippen LogP contribution in [-0.4, -0.2) is 29.4 Å².